The van der Waals surface area contributed by atoms with Crippen molar-refractivity contribution in [3.05, 3.63) is 41.5 Å². The number of carboxylic acid groups (broad SMARTS) is 1. The Morgan fingerprint density at radius 2 is 1.86 bits per heavy atom. The van der Waals surface area contributed by atoms with Gasteiger partial charge in [-0.05, 0) is 67.7 Å². The van der Waals surface area contributed by atoms with Crippen LogP contribution in [0.15, 0.2) is 35.9 Å². The van der Waals surface area contributed by atoms with E-state index in [1.165, 1.54) is 63.4 Å². The van der Waals surface area contributed by atoms with Gasteiger partial charge in [0.15, 0.2) is 0 Å². The summed E-state index contributed by atoms with van der Waals surface area (Å²) in [7, 11) is 0. The van der Waals surface area contributed by atoms with Crippen LogP contribution in [0.2, 0.25) is 0 Å². The Labute approximate surface area is 199 Å². The molecule has 0 bridgehead atoms. The molecule has 1 spiro atoms. The van der Waals surface area contributed by atoms with Crippen molar-refractivity contribution in [2.75, 3.05) is 6.61 Å². The van der Waals surface area contributed by atoms with Crippen LogP contribution in [0.25, 0.3) is 0 Å². The summed E-state index contributed by atoms with van der Waals surface area (Å²) < 4.78 is 6.07. The average Bonchev–Trinajstić information content (AvgIpc) is 2.91. The van der Waals surface area contributed by atoms with Crippen molar-refractivity contribution in [2.45, 2.75) is 77.0 Å². The number of benzene rings is 1. The van der Waals surface area contributed by atoms with E-state index in [1.54, 1.807) is 6.92 Å². The zero-order valence-corrected chi connectivity index (χ0v) is 20.0. The van der Waals surface area contributed by atoms with Crippen LogP contribution in [0.1, 0.15) is 84.0 Å². The van der Waals surface area contributed by atoms with Crippen molar-refractivity contribution < 1.29 is 45.6 Å². The first kappa shape index (κ1) is 24.1. The van der Waals surface area contributed by atoms with Gasteiger partial charge in [0.2, 0.25) is 0 Å². The number of hydrogen-bond donors (Lipinski definition) is 1. The second-order valence-corrected chi connectivity index (χ2v) is 8.39. The van der Waals surface area contributed by atoms with E-state index in [2.05, 4.69) is 17.9 Å². The largest absolute Gasteiger partial charge is 1.00 e. The van der Waals surface area contributed by atoms with E-state index in [1.807, 2.05) is 24.3 Å². The maximum absolute atomic E-state index is 11.1. The summed E-state index contributed by atoms with van der Waals surface area (Å²) in [6.45, 7) is 2.40. The molecular weight excluding hydrogens is 371 g/mol. The van der Waals surface area contributed by atoms with Crippen molar-refractivity contribution in [3.63, 3.8) is 0 Å². The van der Waals surface area contributed by atoms with Crippen molar-refractivity contribution in [1.82, 2.24) is 0 Å². The van der Waals surface area contributed by atoms with Gasteiger partial charge in [0.1, 0.15) is 12.4 Å². The van der Waals surface area contributed by atoms with E-state index in [-0.39, 0.29) is 43.3 Å². The normalized spacial score (nSPS) is 19.0. The van der Waals surface area contributed by atoms with Gasteiger partial charge < -0.3 is 11.3 Å². The smallest absolute Gasteiger partial charge is 1.00 e. The van der Waals surface area contributed by atoms with E-state index in [4.69, 9.17) is 9.84 Å². The van der Waals surface area contributed by atoms with E-state index in [0.29, 0.717) is 12.0 Å². The average molecular weight is 405 g/mol. The third-order valence-corrected chi connectivity index (χ3v) is 6.28. The first-order valence-electron chi connectivity index (χ1n) is 10.6. The first-order valence-corrected chi connectivity index (χ1v) is 10.6. The second kappa shape index (κ2) is 11.8. The number of carboxylic acids is 1. The molecule has 3 rings (SSSR count). The van der Waals surface area contributed by atoms with Crippen molar-refractivity contribution >= 4 is 5.97 Å². The number of carbonyl (C=O) groups is 1. The molecular formula is C25H33NaO3. The van der Waals surface area contributed by atoms with E-state index >= 15 is 0 Å². The SMILES string of the molecule is CC#CC(CC(=O)O)c1ccc(OCC2=CCCC3(CCCCCC3)C2)cc1.[H-].[Na+]. The Morgan fingerprint density at radius 3 is 2.48 bits per heavy atom. The topological polar surface area (TPSA) is 46.5 Å². The number of ether oxygens (including phenoxy) is 1. The van der Waals surface area contributed by atoms with Gasteiger partial charge in [0.25, 0.3) is 0 Å². The van der Waals surface area contributed by atoms with Gasteiger partial charge in [-0.25, -0.2) is 0 Å². The molecule has 3 nitrogen and oxygen atoms in total. The third kappa shape index (κ3) is 7.21. The van der Waals surface area contributed by atoms with Crippen LogP contribution in [0.5, 0.6) is 5.75 Å². The van der Waals surface area contributed by atoms with E-state index < -0.39 is 5.97 Å². The Morgan fingerprint density at radius 1 is 1.17 bits per heavy atom. The van der Waals surface area contributed by atoms with E-state index in [9.17, 15) is 4.79 Å². The minimum atomic E-state index is -0.829. The van der Waals surface area contributed by atoms with Gasteiger partial charge in [-0.1, -0.05) is 49.8 Å². The molecule has 0 heterocycles. The Bertz CT molecular complexity index is 753. The molecule has 4 heteroatoms. The molecule has 0 radical (unpaired) electrons. The molecule has 0 aliphatic heterocycles. The van der Waals surface area contributed by atoms with Crippen LogP contribution in [0, 0.1) is 17.3 Å². The van der Waals surface area contributed by atoms with Crippen molar-refractivity contribution in [3.8, 4) is 17.6 Å². The van der Waals surface area contributed by atoms with Gasteiger partial charge in [0.05, 0.1) is 12.3 Å². The van der Waals surface area contributed by atoms with Gasteiger partial charge in [-0.2, -0.15) is 0 Å². The number of hydrogen-bond acceptors (Lipinski definition) is 2. The molecule has 1 unspecified atom stereocenters. The number of rotatable bonds is 6. The van der Waals surface area contributed by atoms with Crippen LogP contribution < -0.4 is 34.3 Å². The zero-order chi connectivity index (χ0) is 19.8. The second-order valence-electron chi connectivity index (χ2n) is 8.39. The summed E-state index contributed by atoms with van der Waals surface area (Å²) in [5, 5.41) is 9.08. The fourth-order valence-electron chi connectivity index (χ4n) is 4.81. The molecule has 0 amide bonds. The van der Waals surface area contributed by atoms with Gasteiger partial charge >= 0.3 is 35.5 Å². The molecule has 1 aromatic rings. The summed E-state index contributed by atoms with van der Waals surface area (Å²) >= 11 is 0. The van der Waals surface area contributed by atoms with Crippen molar-refractivity contribution in [2.24, 2.45) is 5.41 Å². The number of aliphatic carboxylic acids is 1. The minimum Gasteiger partial charge on any atom is -1.00 e. The molecule has 0 aromatic heterocycles. The Hall–Kier alpha value is -1.21. The number of allylic oxidation sites excluding steroid dienone is 1. The van der Waals surface area contributed by atoms with Gasteiger partial charge in [0, 0.05) is 0 Å². The third-order valence-electron chi connectivity index (χ3n) is 6.28. The maximum Gasteiger partial charge on any atom is 1.00 e. The molecule has 2 aliphatic rings. The fourth-order valence-corrected chi connectivity index (χ4v) is 4.81. The van der Waals surface area contributed by atoms with Crippen LogP contribution >= 0.6 is 0 Å². The van der Waals surface area contributed by atoms with Crippen LogP contribution in [-0.4, -0.2) is 17.7 Å². The standard InChI is InChI=1S/C25H32O3.Na.H/c1-2-8-22(17-24(26)27)21-10-12-23(13-11-21)28-19-20-9-7-16-25(18-20)14-5-3-4-6-15-25;;/h9-13,22H,3-7,14-19H2,1H3,(H,26,27);;/q;+1;-1. The molecule has 1 N–H and O–H groups in total. The van der Waals surface area contributed by atoms with Crippen LogP contribution in [-0.2, 0) is 4.79 Å². The molecule has 1 saturated carbocycles. The monoisotopic (exact) mass is 404 g/mol. The minimum absolute atomic E-state index is 0. The Balaban J connectivity index is 0.00000225. The molecule has 0 saturated heterocycles. The summed E-state index contributed by atoms with van der Waals surface area (Å²) in [5.41, 5.74) is 2.90. The predicted molar refractivity (Wildman–Crippen MR) is 114 cm³/mol. The molecule has 1 aromatic carbocycles. The molecule has 152 valence electrons. The summed E-state index contributed by atoms with van der Waals surface area (Å²) in [5.74, 6) is 5.56. The maximum atomic E-state index is 11.1. The van der Waals surface area contributed by atoms with Crippen molar-refractivity contribution in [1.29, 1.82) is 0 Å². The molecule has 1 fully saturated rings. The molecule has 1 atom stereocenters. The molecule has 29 heavy (non-hydrogen) atoms. The predicted octanol–water partition coefficient (Wildman–Crippen LogP) is 3.21. The van der Waals surface area contributed by atoms with Gasteiger partial charge in [-0.15, -0.1) is 5.92 Å². The summed E-state index contributed by atoms with van der Waals surface area (Å²) in [6, 6.07) is 7.75. The van der Waals surface area contributed by atoms with Crippen LogP contribution in [0.3, 0.4) is 0 Å². The summed E-state index contributed by atoms with van der Waals surface area (Å²) in [4.78, 5) is 11.1. The van der Waals surface area contributed by atoms with Gasteiger partial charge in [-0.3, -0.25) is 4.79 Å². The Kier molecular flexibility index (Phi) is 9.83. The zero-order valence-electron chi connectivity index (χ0n) is 19.0. The van der Waals surface area contributed by atoms with E-state index in [0.717, 1.165) is 11.3 Å². The molecule has 2 aliphatic carbocycles. The fraction of sp³-hybridized carbons (Fsp3) is 0.560. The first-order chi connectivity index (χ1) is 13.6. The summed E-state index contributed by atoms with van der Waals surface area (Å²) in [6.07, 6.45) is 14.4. The quantitative estimate of drug-likeness (QED) is 0.450. The van der Waals surface area contributed by atoms with Crippen LogP contribution in [0.4, 0.5) is 0 Å².